The first-order valence-corrected chi connectivity index (χ1v) is 8.49. The predicted octanol–water partition coefficient (Wildman–Crippen LogP) is 3.89. The Hall–Kier alpha value is -2.71. The van der Waals surface area contributed by atoms with Crippen molar-refractivity contribution in [1.82, 2.24) is 4.90 Å². The van der Waals surface area contributed by atoms with Crippen LogP contribution >= 0.6 is 11.8 Å². The van der Waals surface area contributed by atoms with Crippen LogP contribution in [0.5, 0.6) is 0 Å². The third-order valence-electron chi connectivity index (χ3n) is 2.93. The molecule has 144 valence electrons. The quantitative estimate of drug-likeness (QED) is 0.723. The van der Waals surface area contributed by atoms with Gasteiger partial charge < -0.3 is 15.1 Å². The molecule has 0 fully saturated rings. The molecular weight excluding hydrogens is 376 g/mol. The number of halogens is 2. The summed E-state index contributed by atoms with van der Waals surface area (Å²) in [5, 5.41) is 15.6. The minimum absolute atomic E-state index is 0.257. The Kier molecular flexibility index (Phi) is 9.18. The second kappa shape index (κ2) is 11.1. The molecule has 0 aliphatic carbocycles. The van der Waals surface area contributed by atoms with Gasteiger partial charge in [0.1, 0.15) is 11.6 Å². The van der Waals surface area contributed by atoms with Gasteiger partial charge in [0.15, 0.2) is 0 Å². The number of benzene rings is 2. The van der Waals surface area contributed by atoms with E-state index in [1.54, 1.807) is 18.2 Å². The molecule has 27 heavy (non-hydrogen) atoms. The number of nitrogens with zero attached hydrogens (tertiary/aromatic N) is 1. The summed E-state index contributed by atoms with van der Waals surface area (Å²) < 4.78 is 26.2. The molecule has 0 bridgehead atoms. The van der Waals surface area contributed by atoms with E-state index in [1.165, 1.54) is 36.0 Å². The molecule has 2 aromatic rings. The van der Waals surface area contributed by atoms with Gasteiger partial charge in [-0.2, -0.15) is 0 Å². The van der Waals surface area contributed by atoms with Gasteiger partial charge >= 0.3 is 11.9 Å². The smallest absolute Gasteiger partial charge is 0.328 e. The van der Waals surface area contributed by atoms with Gasteiger partial charge in [-0.3, -0.25) is 0 Å². The van der Waals surface area contributed by atoms with Gasteiger partial charge in [0.2, 0.25) is 0 Å². The Bertz CT molecular complexity index is 792. The largest absolute Gasteiger partial charge is 0.478 e. The maximum absolute atomic E-state index is 13.4. The van der Waals surface area contributed by atoms with Gasteiger partial charge in [-0.05, 0) is 56.1 Å². The van der Waals surface area contributed by atoms with Crippen LogP contribution in [-0.2, 0) is 16.1 Å². The first kappa shape index (κ1) is 22.3. The Morgan fingerprint density at radius 3 is 1.96 bits per heavy atom. The van der Waals surface area contributed by atoms with Crippen molar-refractivity contribution in [2.75, 3.05) is 14.1 Å². The molecule has 0 radical (unpaired) electrons. The van der Waals surface area contributed by atoms with Crippen LogP contribution in [0.4, 0.5) is 8.78 Å². The number of carboxylic acids is 2. The van der Waals surface area contributed by atoms with E-state index in [2.05, 4.69) is 0 Å². The normalized spacial score (nSPS) is 10.6. The summed E-state index contributed by atoms with van der Waals surface area (Å²) in [6.45, 7) is 0.740. The van der Waals surface area contributed by atoms with Crippen molar-refractivity contribution in [3.05, 3.63) is 71.8 Å². The summed E-state index contributed by atoms with van der Waals surface area (Å²) in [5.41, 5.74) is 1.06. The van der Waals surface area contributed by atoms with Gasteiger partial charge in [0.25, 0.3) is 0 Å². The van der Waals surface area contributed by atoms with Crippen molar-refractivity contribution in [2.24, 2.45) is 0 Å². The fourth-order valence-corrected chi connectivity index (χ4v) is 2.83. The number of carboxylic acid groups (broad SMARTS) is 2. The second-order valence-electron chi connectivity index (χ2n) is 5.56. The van der Waals surface area contributed by atoms with E-state index >= 15 is 0 Å². The predicted molar refractivity (Wildman–Crippen MR) is 98.7 cm³/mol. The highest BCUT2D eigenvalue weighted by molar-refractivity contribution is 7.99. The molecule has 2 aromatic carbocycles. The van der Waals surface area contributed by atoms with E-state index in [1.807, 2.05) is 19.0 Å². The van der Waals surface area contributed by atoms with Crippen LogP contribution in [0.2, 0.25) is 0 Å². The molecule has 0 atom stereocenters. The average Bonchev–Trinajstić information content (AvgIpc) is 2.58. The molecule has 0 aliphatic rings. The van der Waals surface area contributed by atoms with Crippen molar-refractivity contribution in [1.29, 1.82) is 0 Å². The Balaban J connectivity index is 0.000000387. The molecule has 0 saturated heterocycles. The van der Waals surface area contributed by atoms with Gasteiger partial charge in [0, 0.05) is 28.5 Å². The van der Waals surface area contributed by atoms with E-state index in [4.69, 9.17) is 10.2 Å². The molecule has 5 nitrogen and oxygen atoms in total. The summed E-state index contributed by atoms with van der Waals surface area (Å²) in [4.78, 5) is 22.9. The minimum Gasteiger partial charge on any atom is -0.478 e. The third-order valence-corrected chi connectivity index (χ3v) is 4.03. The van der Waals surface area contributed by atoms with Gasteiger partial charge in [0.05, 0.1) is 0 Å². The van der Waals surface area contributed by atoms with Crippen LogP contribution < -0.4 is 0 Å². The lowest BCUT2D eigenvalue weighted by Crippen LogP contribution is -2.11. The highest BCUT2D eigenvalue weighted by atomic mass is 32.2. The molecule has 2 N–H and O–H groups in total. The number of hydrogen-bond acceptors (Lipinski definition) is 4. The fourth-order valence-electron chi connectivity index (χ4n) is 1.87. The summed E-state index contributed by atoms with van der Waals surface area (Å²) >= 11 is 1.45. The van der Waals surface area contributed by atoms with E-state index in [0.717, 1.165) is 21.9 Å². The monoisotopic (exact) mass is 395 g/mol. The maximum atomic E-state index is 13.4. The van der Waals surface area contributed by atoms with Crippen LogP contribution in [0.15, 0.2) is 64.4 Å². The molecule has 2 rings (SSSR count). The van der Waals surface area contributed by atoms with Crippen molar-refractivity contribution in [2.45, 2.75) is 16.3 Å². The zero-order chi connectivity index (χ0) is 20.4. The van der Waals surface area contributed by atoms with Crippen LogP contribution in [0.25, 0.3) is 0 Å². The first-order valence-electron chi connectivity index (χ1n) is 7.68. The van der Waals surface area contributed by atoms with E-state index < -0.39 is 11.9 Å². The summed E-state index contributed by atoms with van der Waals surface area (Å²) in [6.07, 6.45) is 1.12. The Morgan fingerprint density at radius 2 is 1.48 bits per heavy atom. The van der Waals surface area contributed by atoms with E-state index in [0.29, 0.717) is 12.2 Å². The van der Waals surface area contributed by atoms with Crippen molar-refractivity contribution < 1.29 is 28.6 Å². The van der Waals surface area contributed by atoms with Gasteiger partial charge in [-0.15, -0.1) is 0 Å². The lowest BCUT2D eigenvalue weighted by molar-refractivity contribution is -0.134. The highest BCUT2D eigenvalue weighted by Gasteiger charge is 2.07. The Morgan fingerprint density at radius 1 is 0.963 bits per heavy atom. The lowest BCUT2D eigenvalue weighted by Gasteiger charge is -2.14. The van der Waals surface area contributed by atoms with Gasteiger partial charge in [-0.25, -0.2) is 18.4 Å². The minimum atomic E-state index is -1.26. The Labute approximate surface area is 159 Å². The van der Waals surface area contributed by atoms with E-state index in [9.17, 15) is 18.4 Å². The second-order valence-corrected chi connectivity index (χ2v) is 6.67. The lowest BCUT2D eigenvalue weighted by atomic mass is 10.2. The average molecular weight is 395 g/mol. The van der Waals surface area contributed by atoms with Gasteiger partial charge in [-0.1, -0.05) is 17.8 Å². The van der Waals surface area contributed by atoms with Crippen molar-refractivity contribution in [3.8, 4) is 0 Å². The molecule has 8 heteroatoms. The summed E-state index contributed by atoms with van der Waals surface area (Å²) in [5.74, 6) is -3.04. The maximum Gasteiger partial charge on any atom is 0.328 e. The molecular formula is C19H19F2NO4S. The van der Waals surface area contributed by atoms with Crippen molar-refractivity contribution >= 4 is 23.7 Å². The number of hydrogen-bond donors (Lipinski definition) is 2. The number of aliphatic carboxylic acids is 2. The topological polar surface area (TPSA) is 77.8 Å². The molecule has 0 amide bonds. The van der Waals surface area contributed by atoms with Crippen LogP contribution in [-0.4, -0.2) is 41.1 Å². The number of carbonyl (C=O) groups is 2. The zero-order valence-corrected chi connectivity index (χ0v) is 15.5. The molecule has 0 spiro atoms. The molecule has 0 unspecified atom stereocenters. The zero-order valence-electron chi connectivity index (χ0n) is 14.7. The van der Waals surface area contributed by atoms with Crippen LogP contribution in [0.1, 0.15) is 5.56 Å². The summed E-state index contributed by atoms with van der Waals surface area (Å²) in [6, 6.07) is 11.0. The summed E-state index contributed by atoms with van der Waals surface area (Å²) in [7, 11) is 3.94. The molecule has 0 aromatic heterocycles. The van der Waals surface area contributed by atoms with E-state index in [-0.39, 0.29) is 11.6 Å². The van der Waals surface area contributed by atoms with Crippen LogP contribution in [0, 0.1) is 11.6 Å². The number of rotatable bonds is 6. The van der Waals surface area contributed by atoms with Crippen molar-refractivity contribution in [3.63, 3.8) is 0 Å². The molecule has 0 aliphatic heterocycles. The standard InChI is InChI=1S/C15H15F2NS.C4H4O4/c1-18(2)10-11-3-4-13(17)9-15(11)19-14-7-5-12(16)6-8-14;5-3(6)1-2-4(7)8/h3-9H,10H2,1-2H3;1-2H,(H,5,6)(H,7,8)/b;2-1-. The molecule has 0 saturated carbocycles. The highest BCUT2D eigenvalue weighted by Crippen LogP contribution is 2.31. The molecule has 0 heterocycles. The SMILES string of the molecule is CN(C)Cc1ccc(F)cc1Sc1ccc(F)cc1.O=C(O)/C=C\C(=O)O. The first-order chi connectivity index (χ1) is 12.7. The third kappa shape index (κ3) is 9.53. The fraction of sp³-hybridized carbons (Fsp3) is 0.158. The van der Waals surface area contributed by atoms with Crippen LogP contribution in [0.3, 0.4) is 0 Å².